The molecule has 0 aromatic carbocycles. The maximum atomic E-state index is 2.45. The van der Waals surface area contributed by atoms with Crippen molar-refractivity contribution in [3.8, 4) is 0 Å². The van der Waals surface area contributed by atoms with Crippen LogP contribution in [0.4, 0.5) is 0 Å². The number of unbranched alkanes of at least 4 members (excludes halogenated alkanes) is 12. The van der Waals surface area contributed by atoms with Gasteiger partial charge >= 0.3 is 0 Å². The summed E-state index contributed by atoms with van der Waals surface area (Å²) in [6.45, 7) is 4.60. The molecule has 2 atom stereocenters. The third-order valence-corrected chi connectivity index (χ3v) is 6.58. The van der Waals surface area contributed by atoms with Crippen LogP contribution in [0.25, 0.3) is 0 Å². The van der Waals surface area contributed by atoms with Gasteiger partial charge in [-0.3, -0.25) is 0 Å². The Balaban J connectivity index is 1.93. The Bertz CT molecular complexity index is 303. The molecule has 0 heteroatoms. The number of hydrogen-bond acceptors (Lipinski definition) is 0. The van der Waals surface area contributed by atoms with Crippen molar-refractivity contribution in [3.63, 3.8) is 0 Å². The molecule has 1 aliphatic carbocycles. The quantitative estimate of drug-likeness (QED) is 0.168. The lowest BCUT2D eigenvalue weighted by Crippen LogP contribution is -2.08. The Labute approximate surface area is 166 Å². The van der Waals surface area contributed by atoms with Crippen LogP contribution in [-0.4, -0.2) is 0 Å². The van der Waals surface area contributed by atoms with Gasteiger partial charge in [-0.2, -0.15) is 0 Å². The normalized spacial score (nSPS) is 20.4. The van der Waals surface area contributed by atoms with Crippen molar-refractivity contribution in [1.29, 1.82) is 0 Å². The van der Waals surface area contributed by atoms with E-state index >= 15 is 0 Å². The van der Waals surface area contributed by atoms with Crippen LogP contribution in [0, 0.1) is 11.8 Å². The van der Waals surface area contributed by atoms with E-state index < -0.39 is 0 Å². The molecule has 0 aromatic rings. The highest BCUT2D eigenvalue weighted by Crippen LogP contribution is 2.38. The van der Waals surface area contributed by atoms with Gasteiger partial charge in [-0.05, 0) is 37.5 Å². The second-order valence-corrected chi connectivity index (χ2v) is 8.97. The minimum absolute atomic E-state index is 1.08. The van der Waals surface area contributed by atoms with Crippen molar-refractivity contribution < 1.29 is 0 Å². The molecular formula is C26H50. The van der Waals surface area contributed by atoms with Gasteiger partial charge in [0.15, 0.2) is 0 Å². The van der Waals surface area contributed by atoms with E-state index in [1.165, 1.54) is 122 Å². The van der Waals surface area contributed by atoms with Gasteiger partial charge in [-0.1, -0.05) is 129 Å². The third kappa shape index (κ3) is 13.0. The SMILES string of the molecule is CCCCCC/C=C/CCCCC[C@H]1CCC[C@@H]1CCCCCCCC. The molecule has 1 saturated carbocycles. The van der Waals surface area contributed by atoms with E-state index in [2.05, 4.69) is 26.0 Å². The first-order valence-corrected chi connectivity index (χ1v) is 12.5. The molecule has 0 nitrogen and oxygen atoms in total. The minimum atomic E-state index is 1.08. The van der Waals surface area contributed by atoms with Crippen LogP contribution in [-0.2, 0) is 0 Å². The highest BCUT2D eigenvalue weighted by molar-refractivity contribution is 4.81. The van der Waals surface area contributed by atoms with Crippen molar-refractivity contribution in [3.05, 3.63) is 12.2 Å². The number of hydrogen-bond donors (Lipinski definition) is 0. The molecule has 0 aromatic heterocycles. The molecule has 1 aliphatic rings. The molecule has 0 heterocycles. The number of rotatable bonds is 18. The Morgan fingerprint density at radius 1 is 0.538 bits per heavy atom. The van der Waals surface area contributed by atoms with Gasteiger partial charge in [0.25, 0.3) is 0 Å². The molecule has 0 radical (unpaired) electrons. The first kappa shape index (κ1) is 23.8. The summed E-state index contributed by atoms with van der Waals surface area (Å²) in [6.07, 6.45) is 33.9. The van der Waals surface area contributed by atoms with Crippen LogP contribution >= 0.6 is 0 Å². The van der Waals surface area contributed by atoms with Gasteiger partial charge in [0.1, 0.15) is 0 Å². The summed E-state index contributed by atoms with van der Waals surface area (Å²) in [7, 11) is 0. The summed E-state index contributed by atoms with van der Waals surface area (Å²) in [6, 6.07) is 0. The Morgan fingerprint density at radius 3 is 1.50 bits per heavy atom. The maximum Gasteiger partial charge on any atom is -0.0351 e. The largest absolute Gasteiger partial charge is 0.0885 e. The summed E-state index contributed by atoms with van der Waals surface area (Å²) >= 11 is 0. The Kier molecular flexibility index (Phi) is 16.6. The first-order valence-electron chi connectivity index (χ1n) is 12.5. The molecular weight excluding hydrogens is 312 g/mol. The van der Waals surface area contributed by atoms with Crippen LogP contribution in [0.3, 0.4) is 0 Å². The van der Waals surface area contributed by atoms with Gasteiger partial charge in [-0.15, -0.1) is 0 Å². The predicted molar refractivity (Wildman–Crippen MR) is 120 cm³/mol. The van der Waals surface area contributed by atoms with Crippen molar-refractivity contribution in [2.75, 3.05) is 0 Å². The standard InChI is InChI=1S/C26H50/c1-3-5-7-9-11-12-13-14-15-17-19-22-26-24-20-23-25(26)21-18-16-10-8-6-4-2/h12-13,25-26H,3-11,14-24H2,1-2H3/b13-12+/t25-,26-/m0/s1. The van der Waals surface area contributed by atoms with E-state index in [1.807, 2.05) is 0 Å². The highest BCUT2D eigenvalue weighted by Gasteiger charge is 2.25. The monoisotopic (exact) mass is 362 g/mol. The fourth-order valence-corrected chi connectivity index (χ4v) is 4.83. The Hall–Kier alpha value is -0.260. The van der Waals surface area contributed by atoms with Crippen LogP contribution in [0.15, 0.2) is 12.2 Å². The highest BCUT2D eigenvalue weighted by atomic mass is 14.3. The molecule has 26 heavy (non-hydrogen) atoms. The van der Waals surface area contributed by atoms with E-state index in [0.29, 0.717) is 0 Å². The molecule has 154 valence electrons. The molecule has 0 aliphatic heterocycles. The zero-order valence-corrected chi connectivity index (χ0v) is 18.5. The average molecular weight is 363 g/mol. The Morgan fingerprint density at radius 2 is 0.962 bits per heavy atom. The van der Waals surface area contributed by atoms with E-state index in [0.717, 1.165) is 11.8 Å². The summed E-state index contributed by atoms with van der Waals surface area (Å²) in [5, 5.41) is 0. The van der Waals surface area contributed by atoms with Gasteiger partial charge in [-0.25, -0.2) is 0 Å². The fraction of sp³-hybridized carbons (Fsp3) is 0.923. The molecule has 0 spiro atoms. The molecule has 1 fully saturated rings. The molecule has 0 bridgehead atoms. The van der Waals surface area contributed by atoms with E-state index in [9.17, 15) is 0 Å². The molecule has 0 saturated heterocycles. The summed E-state index contributed by atoms with van der Waals surface area (Å²) in [5.41, 5.74) is 0. The second kappa shape index (κ2) is 18.1. The van der Waals surface area contributed by atoms with Gasteiger partial charge in [0.2, 0.25) is 0 Å². The minimum Gasteiger partial charge on any atom is -0.0885 e. The van der Waals surface area contributed by atoms with Crippen molar-refractivity contribution in [2.45, 2.75) is 142 Å². The van der Waals surface area contributed by atoms with Gasteiger partial charge in [0.05, 0.1) is 0 Å². The van der Waals surface area contributed by atoms with Crippen LogP contribution in [0.1, 0.15) is 142 Å². The lowest BCUT2D eigenvalue weighted by Gasteiger charge is -2.19. The molecule has 0 unspecified atom stereocenters. The summed E-state index contributed by atoms with van der Waals surface area (Å²) in [4.78, 5) is 0. The maximum absolute atomic E-state index is 2.45. The van der Waals surface area contributed by atoms with Crippen LogP contribution < -0.4 is 0 Å². The van der Waals surface area contributed by atoms with Crippen LogP contribution in [0.2, 0.25) is 0 Å². The lowest BCUT2D eigenvalue weighted by atomic mass is 9.87. The smallest absolute Gasteiger partial charge is 0.0351 e. The molecule has 0 amide bonds. The fourth-order valence-electron chi connectivity index (χ4n) is 4.83. The average Bonchev–Trinajstić information content (AvgIpc) is 3.10. The van der Waals surface area contributed by atoms with Crippen molar-refractivity contribution in [2.24, 2.45) is 11.8 Å². The van der Waals surface area contributed by atoms with E-state index in [1.54, 1.807) is 6.42 Å². The van der Waals surface area contributed by atoms with Crippen LogP contribution in [0.5, 0.6) is 0 Å². The zero-order valence-electron chi connectivity index (χ0n) is 18.5. The lowest BCUT2D eigenvalue weighted by molar-refractivity contribution is 0.323. The van der Waals surface area contributed by atoms with Crippen molar-refractivity contribution in [1.82, 2.24) is 0 Å². The zero-order chi connectivity index (χ0) is 18.7. The third-order valence-electron chi connectivity index (χ3n) is 6.58. The van der Waals surface area contributed by atoms with E-state index in [-0.39, 0.29) is 0 Å². The first-order chi connectivity index (χ1) is 12.9. The second-order valence-electron chi connectivity index (χ2n) is 8.97. The predicted octanol–water partition coefficient (Wildman–Crippen LogP) is 9.63. The topological polar surface area (TPSA) is 0 Å². The van der Waals surface area contributed by atoms with Gasteiger partial charge < -0.3 is 0 Å². The summed E-state index contributed by atoms with van der Waals surface area (Å²) in [5.74, 6) is 2.17. The molecule has 0 N–H and O–H groups in total. The van der Waals surface area contributed by atoms with Gasteiger partial charge in [0, 0.05) is 0 Å². The number of allylic oxidation sites excluding steroid dienone is 2. The van der Waals surface area contributed by atoms with E-state index in [4.69, 9.17) is 0 Å². The molecule has 1 rings (SSSR count). The van der Waals surface area contributed by atoms with Crippen molar-refractivity contribution >= 4 is 0 Å². The summed E-state index contributed by atoms with van der Waals surface area (Å²) < 4.78 is 0.